The van der Waals surface area contributed by atoms with Gasteiger partial charge in [-0.15, -0.1) is 11.6 Å². The van der Waals surface area contributed by atoms with Gasteiger partial charge in [-0.1, -0.05) is 32.9 Å². The molecule has 25 heavy (non-hydrogen) atoms. The summed E-state index contributed by atoms with van der Waals surface area (Å²) in [5, 5.41) is 13.1. The molecule has 1 saturated heterocycles. The molecule has 4 nitrogen and oxygen atoms in total. The highest BCUT2D eigenvalue weighted by atomic mass is 35.5. The quantitative estimate of drug-likeness (QED) is 0.456. The minimum Gasteiger partial charge on any atom is -0.392 e. The van der Waals surface area contributed by atoms with Crippen molar-refractivity contribution in [3.05, 3.63) is 12.2 Å². The molecule has 0 aromatic carbocycles. The SMILES string of the molecule is C=C1CC[C@H]2C(C)(C)C[C@H](Cl)C[C@]2(C)[C@H]1C[C@H](O)[C@H]1CC(=O)NC1=O. The van der Waals surface area contributed by atoms with Gasteiger partial charge in [0, 0.05) is 11.8 Å². The molecule has 0 unspecified atom stereocenters. The number of aliphatic hydroxyl groups excluding tert-OH is 1. The molecule has 0 aromatic heterocycles. The molecule has 3 fully saturated rings. The molecule has 5 heteroatoms. The second kappa shape index (κ2) is 6.38. The van der Waals surface area contributed by atoms with Crippen LogP contribution in [0.3, 0.4) is 0 Å². The largest absolute Gasteiger partial charge is 0.392 e. The van der Waals surface area contributed by atoms with Crippen LogP contribution in [0, 0.1) is 28.6 Å². The van der Waals surface area contributed by atoms with Gasteiger partial charge in [0.15, 0.2) is 0 Å². The van der Waals surface area contributed by atoms with E-state index in [-0.39, 0.29) is 40.4 Å². The fourth-order valence-electron chi connectivity index (χ4n) is 6.10. The number of aliphatic hydroxyl groups is 1. The normalized spacial score (nSPS) is 42.0. The van der Waals surface area contributed by atoms with Gasteiger partial charge >= 0.3 is 0 Å². The van der Waals surface area contributed by atoms with E-state index in [4.69, 9.17) is 11.6 Å². The van der Waals surface area contributed by atoms with Gasteiger partial charge in [0.2, 0.25) is 11.8 Å². The van der Waals surface area contributed by atoms with Gasteiger partial charge in [-0.05, 0) is 54.8 Å². The van der Waals surface area contributed by atoms with E-state index in [9.17, 15) is 14.7 Å². The lowest BCUT2D eigenvalue weighted by molar-refractivity contribution is -0.128. The zero-order valence-electron chi connectivity index (χ0n) is 15.5. The first-order valence-corrected chi connectivity index (χ1v) is 9.82. The molecule has 1 aliphatic heterocycles. The summed E-state index contributed by atoms with van der Waals surface area (Å²) < 4.78 is 0. The number of hydrogen-bond donors (Lipinski definition) is 2. The van der Waals surface area contributed by atoms with Crippen molar-refractivity contribution in [1.29, 1.82) is 0 Å². The van der Waals surface area contributed by atoms with Crippen LogP contribution in [0.2, 0.25) is 0 Å². The monoisotopic (exact) mass is 367 g/mol. The Labute approximate surface area is 155 Å². The average molecular weight is 368 g/mol. The number of carbonyl (C=O) groups excluding carboxylic acids is 2. The van der Waals surface area contributed by atoms with Gasteiger partial charge in [-0.2, -0.15) is 0 Å². The zero-order chi connectivity index (χ0) is 18.6. The number of nitrogens with one attached hydrogen (secondary N) is 1. The van der Waals surface area contributed by atoms with E-state index in [2.05, 4.69) is 32.7 Å². The Morgan fingerprint density at radius 3 is 2.60 bits per heavy atom. The summed E-state index contributed by atoms with van der Waals surface area (Å²) >= 11 is 6.63. The van der Waals surface area contributed by atoms with Gasteiger partial charge < -0.3 is 5.11 Å². The van der Waals surface area contributed by atoms with Crippen molar-refractivity contribution in [3.8, 4) is 0 Å². The van der Waals surface area contributed by atoms with Gasteiger partial charge in [0.25, 0.3) is 0 Å². The number of imide groups is 1. The zero-order valence-corrected chi connectivity index (χ0v) is 16.2. The molecule has 3 aliphatic rings. The summed E-state index contributed by atoms with van der Waals surface area (Å²) in [6.45, 7) is 11.2. The number of rotatable bonds is 3. The van der Waals surface area contributed by atoms with Crippen LogP contribution in [-0.4, -0.2) is 28.4 Å². The van der Waals surface area contributed by atoms with Crippen LogP contribution in [0.25, 0.3) is 0 Å². The van der Waals surface area contributed by atoms with Crippen LogP contribution in [0.4, 0.5) is 0 Å². The standard InChI is InChI=1S/C20H30ClNO3/c1-11-5-6-16-19(2,3)9-12(21)10-20(16,4)14(11)8-15(23)13-7-17(24)22-18(13)25/h12-16,23H,1,5-10H2,2-4H3,(H,22,24,25)/t12-,13+,14-,15-,16-,20+/m0/s1. The summed E-state index contributed by atoms with van der Waals surface area (Å²) in [5.41, 5.74) is 1.29. The number of halogens is 1. The van der Waals surface area contributed by atoms with Crippen molar-refractivity contribution in [2.75, 3.05) is 0 Å². The van der Waals surface area contributed by atoms with Crippen LogP contribution in [0.1, 0.15) is 59.3 Å². The maximum absolute atomic E-state index is 11.9. The van der Waals surface area contributed by atoms with E-state index >= 15 is 0 Å². The highest BCUT2D eigenvalue weighted by molar-refractivity contribution is 6.20. The van der Waals surface area contributed by atoms with Crippen LogP contribution >= 0.6 is 11.6 Å². The first-order valence-electron chi connectivity index (χ1n) is 9.38. The first kappa shape index (κ1) is 18.9. The maximum Gasteiger partial charge on any atom is 0.232 e. The van der Waals surface area contributed by atoms with E-state index in [1.54, 1.807) is 0 Å². The molecular weight excluding hydrogens is 338 g/mol. The molecule has 0 aromatic rings. The van der Waals surface area contributed by atoms with E-state index in [1.807, 2.05) is 0 Å². The second-order valence-corrected chi connectivity index (χ2v) is 9.95. The highest BCUT2D eigenvalue weighted by Crippen LogP contribution is 2.62. The van der Waals surface area contributed by atoms with Crippen molar-refractivity contribution in [2.24, 2.45) is 28.6 Å². The van der Waals surface area contributed by atoms with E-state index in [1.165, 1.54) is 0 Å². The number of allylic oxidation sites excluding steroid dienone is 1. The molecule has 3 rings (SSSR count). The fourth-order valence-corrected chi connectivity index (χ4v) is 6.83. The molecule has 2 N–H and O–H groups in total. The van der Waals surface area contributed by atoms with Crippen LogP contribution < -0.4 is 5.32 Å². The molecule has 0 radical (unpaired) electrons. The van der Waals surface area contributed by atoms with Crippen LogP contribution in [-0.2, 0) is 9.59 Å². The Balaban J connectivity index is 1.84. The molecule has 0 bridgehead atoms. The predicted octanol–water partition coefficient (Wildman–Crippen LogP) is 3.42. The number of alkyl halides is 1. The molecule has 2 amide bonds. The summed E-state index contributed by atoms with van der Waals surface area (Å²) in [6, 6.07) is 0. The first-order chi connectivity index (χ1) is 11.5. The topological polar surface area (TPSA) is 66.4 Å². The average Bonchev–Trinajstić information content (AvgIpc) is 2.79. The van der Waals surface area contributed by atoms with E-state index < -0.39 is 12.0 Å². The maximum atomic E-state index is 11.9. The molecule has 140 valence electrons. The molecule has 6 atom stereocenters. The van der Waals surface area contributed by atoms with Crippen molar-refractivity contribution in [3.63, 3.8) is 0 Å². The van der Waals surface area contributed by atoms with Crippen LogP contribution in [0.5, 0.6) is 0 Å². The number of fused-ring (bicyclic) bond motifs is 1. The summed E-state index contributed by atoms with van der Waals surface area (Å²) in [5.74, 6) is -0.616. The van der Waals surface area contributed by atoms with Crippen LogP contribution in [0.15, 0.2) is 12.2 Å². The second-order valence-electron chi connectivity index (χ2n) is 9.33. The minimum absolute atomic E-state index is 0.0242. The Bertz CT molecular complexity index is 602. The smallest absolute Gasteiger partial charge is 0.232 e. The Kier molecular flexibility index (Phi) is 4.83. The van der Waals surface area contributed by atoms with Gasteiger partial charge in [0.05, 0.1) is 12.0 Å². The number of carbonyl (C=O) groups is 2. The summed E-state index contributed by atoms with van der Waals surface area (Å²) in [6.07, 6.45) is 3.75. The molecule has 1 heterocycles. The minimum atomic E-state index is -0.817. The number of hydrogen-bond acceptors (Lipinski definition) is 3. The van der Waals surface area contributed by atoms with Crippen molar-refractivity contribution >= 4 is 23.4 Å². The highest BCUT2D eigenvalue weighted by Gasteiger charge is 2.55. The molecular formula is C20H30ClNO3. The predicted molar refractivity (Wildman–Crippen MR) is 98.0 cm³/mol. The number of amides is 2. The van der Waals surface area contributed by atoms with Gasteiger partial charge in [0.1, 0.15) is 0 Å². The van der Waals surface area contributed by atoms with E-state index in [0.29, 0.717) is 12.3 Å². The Hall–Kier alpha value is -0.870. The molecule has 2 aliphatic carbocycles. The van der Waals surface area contributed by atoms with Gasteiger partial charge in [-0.25, -0.2) is 0 Å². The lowest BCUT2D eigenvalue weighted by Gasteiger charge is -2.59. The van der Waals surface area contributed by atoms with E-state index in [0.717, 1.165) is 31.3 Å². The Morgan fingerprint density at radius 2 is 2.00 bits per heavy atom. The third kappa shape index (κ3) is 3.28. The summed E-state index contributed by atoms with van der Waals surface area (Å²) in [4.78, 5) is 23.4. The van der Waals surface area contributed by atoms with Crippen molar-refractivity contribution < 1.29 is 14.7 Å². The third-order valence-corrected chi connectivity index (χ3v) is 7.45. The lowest BCUT2D eigenvalue weighted by atomic mass is 9.47. The molecule has 2 saturated carbocycles. The third-order valence-electron chi connectivity index (χ3n) is 7.14. The Morgan fingerprint density at radius 1 is 1.32 bits per heavy atom. The lowest BCUT2D eigenvalue weighted by Crippen LogP contribution is -2.53. The van der Waals surface area contributed by atoms with Gasteiger partial charge in [-0.3, -0.25) is 14.9 Å². The molecule has 0 spiro atoms. The van der Waals surface area contributed by atoms with Crippen molar-refractivity contribution in [2.45, 2.75) is 70.8 Å². The fraction of sp³-hybridized carbons (Fsp3) is 0.800. The van der Waals surface area contributed by atoms with Crippen molar-refractivity contribution in [1.82, 2.24) is 5.32 Å². The summed E-state index contributed by atoms with van der Waals surface area (Å²) in [7, 11) is 0.